The summed E-state index contributed by atoms with van der Waals surface area (Å²) < 4.78 is 5.34. The molecule has 0 aromatic rings. The Bertz CT molecular complexity index is 551. The molecular weight excluding hydrogens is 324 g/mol. The molecule has 8 nitrogen and oxygen atoms in total. The summed E-state index contributed by atoms with van der Waals surface area (Å²) in [7, 11) is 1.66. The highest BCUT2D eigenvalue weighted by Crippen LogP contribution is 2.42. The molecule has 1 unspecified atom stereocenters. The third-order valence-electron chi connectivity index (χ3n) is 5.77. The van der Waals surface area contributed by atoms with Crippen LogP contribution in [-0.2, 0) is 14.3 Å². The van der Waals surface area contributed by atoms with E-state index in [1.807, 2.05) is 0 Å². The van der Waals surface area contributed by atoms with E-state index in [-0.39, 0.29) is 29.7 Å². The van der Waals surface area contributed by atoms with Gasteiger partial charge in [0.15, 0.2) is 0 Å². The number of rotatable bonds is 7. The molecule has 1 saturated carbocycles. The molecule has 140 valence electrons. The van der Waals surface area contributed by atoms with Crippen LogP contribution >= 0.6 is 0 Å². The molecule has 0 bridgehead atoms. The fourth-order valence-corrected chi connectivity index (χ4v) is 3.92. The largest absolute Gasteiger partial charge is 0.384 e. The van der Waals surface area contributed by atoms with Crippen molar-refractivity contribution in [1.82, 2.24) is 20.9 Å². The minimum atomic E-state index is -0.844. The number of ether oxygens (including phenoxy) is 1. The van der Waals surface area contributed by atoms with Crippen LogP contribution in [0.15, 0.2) is 0 Å². The molecule has 0 radical (unpaired) electrons. The maximum Gasteiger partial charge on any atom is 0.325 e. The van der Waals surface area contributed by atoms with Crippen molar-refractivity contribution in [2.75, 3.05) is 39.9 Å². The number of hydrogen-bond donors (Lipinski definition) is 3. The lowest BCUT2D eigenvalue weighted by atomic mass is 9.79. The molecule has 2 saturated heterocycles. The minimum absolute atomic E-state index is 0.0878. The SMILES string of the molecule is COCC1(CNC(=O)CN2C(=O)NC(C)(C3CC3)C2=O)CCNCC1. The van der Waals surface area contributed by atoms with Crippen molar-refractivity contribution in [1.29, 1.82) is 0 Å². The Morgan fingerprint density at radius 1 is 1.32 bits per heavy atom. The Morgan fingerprint density at radius 3 is 2.60 bits per heavy atom. The van der Waals surface area contributed by atoms with Gasteiger partial charge in [-0.1, -0.05) is 0 Å². The molecule has 1 aliphatic carbocycles. The lowest BCUT2D eigenvalue weighted by Crippen LogP contribution is -2.50. The third-order valence-corrected chi connectivity index (χ3v) is 5.77. The van der Waals surface area contributed by atoms with Crippen molar-refractivity contribution < 1.29 is 19.1 Å². The number of imide groups is 1. The van der Waals surface area contributed by atoms with Gasteiger partial charge in [0.1, 0.15) is 12.1 Å². The van der Waals surface area contributed by atoms with Crippen LogP contribution in [0.5, 0.6) is 0 Å². The molecule has 2 heterocycles. The van der Waals surface area contributed by atoms with Gasteiger partial charge in [0.25, 0.3) is 5.91 Å². The van der Waals surface area contributed by atoms with E-state index >= 15 is 0 Å². The summed E-state index contributed by atoms with van der Waals surface area (Å²) >= 11 is 0. The zero-order valence-corrected chi connectivity index (χ0v) is 15.0. The number of methoxy groups -OCH3 is 1. The van der Waals surface area contributed by atoms with Crippen LogP contribution in [0.25, 0.3) is 0 Å². The highest BCUT2D eigenvalue weighted by atomic mass is 16.5. The molecule has 1 atom stereocenters. The predicted octanol–water partition coefficient (Wildman–Crippen LogP) is -0.161. The Kier molecular flexibility index (Phi) is 5.02. The van der Waals surface area contributed by atoms with Crippen molar-refractivity contribution in [2.24, 2.45) is 11.3 Å². The summed E-state index contributed by atoms with van der Waals surface area (Å²) in [5, 5.41) is 8.96. The fraction of sp³-hybridized carbons (Fsp3) is 0.824. The average molecular weight is 352 g/mol. The summed E-state index contributed by atoms with van der Waals surface area (Å²) in [6.07, 6.45) is 3.72. The zero-order valence-electron chi connectivity index (χ0n) is 15.0. The second-order valence-corrected chi connectivity index (χ2v) is 7.76. The summed E-state index contributed by atoms with van der Waals surface area (Å²) in [6, 6.07) is -0.469. The van der Waals surface area contributed by atoms with Crippen LogP contribution in [0.1, 0.15) is 32.6 Å². The van der Waals surface area contributed by atoms with E-state index in [2.05, 4.69) is 16.0 Å². The maximum atomic E-state index is 12.6. The van der Waals surface area contributed by atoms with E-state index in [0.29, 0.717) is 13.2 Å². The highest BCUT2D eigenvalue weighted by molar-refractivity contribution is 6.09. The number of carbonyl (C=O) groups is 3. The molecular formula is C17H28N4O4. The van der Waals surface area contributed by atoms with Crippen LogP contribution in [0.3, 0.4) is 0 Å². The normalized spacial score (nSPS) is 28.8. The van der Waals surface area contributed by atoms with Gasteiger partial charge < -0.3 is 20.7 Å². The quantitative estimate of drug-likeness (QED) is 0.553. The van der Waals surface area contributed by atoms with Gasteiger partial charge in [-0.05, 0) is 51.6 Å². The fourth-order valence-electron chi connectivity index (χ4n) is 3.92. The predicted molar refractivity (Wildman–Crippen MR) is 90.8 cm³/mol. The van der Waals surface area contributed by atoms with Crippen LogP contribution in [0.4, 0.5) is 4.79 Å². The first-order valence-electron chi connectivity index (χ1n) is 9.01. The lowest BCUT2D eigenvalue weighted by Gasteiger charge is -2.37. The topological polar surface area (TPSA) is 99.8 Å². The molecule has 0 spiro atoms. The van der Waals surface area contributed by atoms with Gasteiger partial charge >= 0.3 is 6.03 Å². The first-order valence-corrected chi connectivity index (χ1v) is 9.01. The zero-order chi connectivity index (χ0) is 18.1. The number of hydrogen-bond acceptors (Lipinski definition) is 5. The van der Waals surface area contributed by atoms with Crippen LogP contribution in [-0.4, -0.2) is 68.2 Å². The van der Waals surface area contributed by atoms with Gasteiger partial charge in [-0.25, -0.2) is 4.79 Å². The lowest BCUT2D eigenvalue weighted by molar-refractivity contribution is -0.135. The van der Waals surface area contributed by atoms with Gasteiger partial charge in [0.2, 0.25) is 5.91 Å². The summed E-state index contributed by atoms with van der Waals surface area (Å²) in [6.45, 7) is 4.39. The minimum Gasteiger partial charge on any atom is -0.384 e. The molecule has 2 aliphatic heterocycles. The van der Waals surface area contributed by atoms with E-state index in [4.69, 9.17) is 4.74 Å². The van der Waals surface area contributed by atoms with E-state index < -0.39 is 11.6 Å². The number of nitrogens with zero attached hydrogens (tertiary/aromatic N) is 1. The number of carbonyl (C=O) groups excluding carboxylic acids is 3. The molecule has 0 aromatic carbocycles. The highest BCUT2D eigenvalue weighted by Gasteiger charge is 2.56. The van der Waals surface area contributed by atoms with E-state index in [9.17, 15) is 14.4 Å². The molecule has 25 heavy (non-hydrogen) atoms. The molecule has 8 heteroatoms. The molecule has 0 aromatic heterocycles. The molecule has 4 amide bonds. The van der Waals surface area contributed by atoms with E-state index in [1.165, 1.54) is 0 Å². The monoisotopic (exact) mass is 352 g/mol. The Hall–Kier alpha value is -1.67. The Balaban J connectivity index is 1.55. The Labute approximate surface area is 148 Å². The summed E-state index contributed by atoms with van der Waals surface area (Å²) in [4.78, 5) is 38.1. The molecule has 3 fully saturated rings. The first-order chi connectivity index (χ1) is 11.9. The van der Waals surface area contributed by atoms with E-state index in [0.717, 1.165) is 43.7 Å². The molecule has 3 aliphatic rings. The first kappa shape index (κ1) is 18.1. The number of nitrogens with one attached hydrogen (secondary N) is 3. The van der Waals surface area contributed by atoms with Crippen molar-refractivity contribution in [2.45, 2.75) is 38.1 Å². The van der Waals surface area contributed by atoms with Gasteiger partial charge in [-0.3, -0.25) is 14.5 Å². The van der Waals surface area contributed by atoms with Gasteiger partial charge in [0.05, 0.1) is 6.61 Å². The van der Waals surface area contributed by atoms with Crippen molar-refractivity contribution >= 4 is 17.8 Å². The second kappa shape index (κ2) is 6.92. The van der Waals surface area contributed by atoms with E-state index in [1.54, 1.807) is 14.0 Å². The summed E-state index contributed by atoms with van der Waals surface area (Å²) in [5.41, 5.74) is -0.931. The van der Waals surface area contributed by atoms with Crippen molar-refractivity contribution in [3.05, 3.63) is 0 Å². The number of piperidine rings is 1. The number of urea groups is 1. The molecule has 3 N–H and O–H groups in total. The number of amides is 4. The van der Waals surface area contributed by atoms with Crippen molar-refractivity contribution in [3.8, 4) is 0 Å². The maximum absolute atomic E-state index is 12.6. The van der Waals surface area contributed by atoms with Crippen molar-refractivity contribution in [3.63, 3.8) is 0 Å². The van der Waals surface area contributed by atoms with Crippen LogP contribution in [0, 0.1) is 11.3 Å². The van der Waals surface area contributed by atoms with Crippen LogP contribution in [0.2, 0.25) is 0 Å². The third kappa shape index (κ3) is 3.64. The smallest absolute Gasteiger partial charge is 0.325 e. The Morgan fingerprint density at radius 2 is 2.00 bits per heavy atom. The summed E-state index contributed by atoms with van der Waals surface area (Å²) in [5.74, 6) is -0.405. The average Bonchev–Trinajstić information content (AvgIpc) is 3.41. The standard InChI is InChI=1S/C17H28N4O4/c1-16(12-3-4-12)14(23)21(15(24)20-16)9-13(22)19-10-17(11-25-2)5-7-18-8-6-17/h12,18H,3-11H2,1-2H3,(H,19,22)(H,20,24). The van der Waals surface area contributed by atoms with Gasteiger partial charge in [0, 0.05) is 19.1 Å². The van der Waals surface area contributed by atoms with Gasteiger partial charge in [-0.15, -0.1) is 0 Å². The molecule has 3 rings (SSSR count). The second-order valence-electron chi connectivity index (χ2n) is 7.76. The van der Waals surface area contributed by atoms with Gasteiger partial charge in [-0.2, -0.15) is 0 Å². The van der Waals surface area contributed by atoms with Crippen LogP contribution < -0.4 is 16.0 Å².